The highest BCUT2D eigenvalue weighted by Gasteiger charge is 2.16. The molecule has 0 aliphatic carbocycles. The Morgan fingerprint density at radius 2 is 2.31 bits per heavy atom. The first-order valence-corrected chi connectivity index (χ1v) is 4.64. The van der Waals surface area contributed by atoms with Crippen LogP contribution in [0.2, 0.25) is 0 Å². The molecule has 1 heterocycles. The summed E-state index contributed by atoms with van der Waals surface area (Å²) in [5.74, 6) is -0.204. The SMILES string of the molecule is CC1CC(O)COCCCC(=O)O1. The number of cyclic esters (lactones) is 1. The summed E-state index contributed by atoms with van der Waals surface area (Å²) in [6.07, 6.45) is 0.773. The van der Waals surface area contributed by atoms with Gasteiger partial charge >= 0.3 is 5.97 Å². The molecule has 0 spiro atoms. The second kappa shape index (κ2) is 5.19. The standard InChI is InChI=1S/C9H16O4/c1-7-5-8(10)6-12-4-2-3-9(11)13-7/h7-8,10H,2-6H2,1H3. The first kappa shape index (κ1) is 10.5. The van der Waals surface area contributed by atoms with Gasteiger partial charge in [0.25, 0.3) is 0 Å². The van der Waals surface area contributed by atoms with Crippen LogP contribution in [0.1, 0.15) is 26.2 Å². The van der Waals surface area contributed by atoms with Crippen molar-refractivity contribution in [3.63, 3.8) is 0 Å². The number of carbonyl (C=O) groups excluding carboxylic acids is 1. The normalized spacial score (nSPS) is 32.3. The van der Waals surface area contributed by atoms with Crippen LogP contribution in [0.4, 0.5) is 0 Å². The van der Waals surface area contributed by atoms with Crippen LogP contribution in [-0.4, -0.2) is 36.5 Å². The molecule has 2 unspecified atom stereocenters. The largest absolute Gasteiger partial charge is 0.463 e. The van der Waals surface area contributed by atoms with E-state index in [9.17, 15) is 9.90 Å². The van der Waals surface area contributed by atoms with E-state index in [0.29, 0.717) is 32.5 Å². The fraction of sp³-hybridized carbons (Fsp3) is 0.889. The first-order valence-electron chi connectivity index (χ1n) is 4.64. The van der Waals surface area contributed by atoms with Crippen molar-refractivity contribution in [3.8, 4) is 0 Å². The van der Waals surface area contributed by atoms with Crippen LogP contribution in [0.25, 0.3) is 0 Å². The number of rotatable bonds is 0. The lowest BCUT2D eigenvalue weighted by molar-refractivity contribution is -0.151. The number of hydrogen-bond acceptors (Lipinski definition) is 4. The highest BCUT2D eigenvalue weighted by molar-refractivity contribution is 5.69. The van der Waals surface area contributed by atoms with Gasteiger partial charge in [0.1, 0.15) is 6.10 Å². The number of ether oxygens (including phenoxy) is 2. The average Bonchev–Trinajstić information content (AvgIpc) is 2.02. The first-order chi connectivity index (χ1) is 6.18. The molecule has 0 aromatic rings. The van der Waals surface area contributed by atoms with E-state index in [1.54, 1.807) is 6.92 Å². The molecule has 1 aliphatic rings. The van der Waals surface area contributed by atoms with Crippen LogP contribution >= 0.6 is 0 Å². The van der Waals surface area contributed by atoms with Crippen molar-refractivity contribution >= 4 is 5.97 Å². The third kappa shape index (κ3) is 4.24. The Morgan fingerprint density at radius 1 is 1.54 bits per heavy atom. The lowest BCUT2D eigenvalue weighted by atomic mass is 10.2. The summed E-state index contributed by atoms with van der Waals surface area (Å²) in [5, 5.41) is 9.37. The zero-order valence-corrected chi connectivity index (χ0v) is 7.86. The van der Waals surface area contributed by atoms with Crippen molar-refractivity contribution in [2.24, 2.45) is 0 Å². The highest BCUT2D eigenvalue weighted by atomic mass is 16.5. The van der Waals surface area contributed by atoms with Crippen molar-refractivity contribution in [2.45, 2.75) is 38.4 Å². The van der Waals surface area contributed by atoms with Crippen LogP contribution < -0.4 is 0 Å². The molecule has 1 saturated heterocycles. The molecule has 1 aliphatic heterocycles. The molecule has 0 aromatic carbocycles. The fourth-order valence-electron chi connectivity index (χ4n) is 1.32. The maximum atomic E-state index is 11.1. The van der Waals surface area contributed by atoms with Crippen LogP contribution in [0, 0.1) is 0 Å². The Kier molecular flexibility index (Phi) is 4.18. The Bertz CT molecular complexity index is 169. The monoisotopic (exact) mass is 188 g/mol. The molecule has 1 fully saturated rings. The lowest BCUT2D eigenvalue weighted by Crippen LogP contribution is -2.26. The topological polar surface area (TPSA) is 55.8 Å². The van der Waals surface area contributed by atoms with Gasteiger partial charge in [0.15, 0.2) is 0 Å². The minimum absolute atomic E-state index is 0.204. The van der Waals surface area contributed by atoms with E-state index in [-0.39, 0.29) is 12.1 Å². The van der Waals surface area contributed by atoms with Crippen molar-refractivity contribution in [2.75, 3.05) is 13.2 Å². The van der Waals surface area contributed by atoms with Crippen LogP contribution in [0.5, 0.6) is 0 Å². The Balaban J connectivity index is 2.39. The third-order valence-electron chi connectivity index (χ3n) is 1.92. The zero-order valence-electron chi connectivity index (χ0n) is 7.86. The molecule has 0 saturated carbocycles. The molecule has 0 radical (unpaired) electrons. The summed E-state index contributed by atoms with van der Waals surface area (Å²) in [7, 11) is 0. The van der Waals surface area contributed by atoms with Gasteiger partial charge in [0.05, 0.1) is 12.7 Å². The number of aliphatic hydroxyl groups excluding tert-OH is 1. The van der Waals surface area contributed by atoms with Gasteiger partial charge < -0.3 is 14.6 Å². The van der Waals surface area contributed by atoms with E-state index >= 15 is 0 Å². The van der Waals surface area contributed by atoms with E-state index in [0.717, 1.165) is 0 Å². The minimum Gasteiger partial charge on any atom is -0.463 e. The Morgan fingerprint density at radius 3 is 3.08 bits per heavy atom. The van der Waals surface area contributed by atoms with E-state index in [4.69, 9.17) is 9.47 Å². The van der Waals surface area contributed by atoms with E-state index in [1.165, 1.54) is 0 Å². The number of aliphatic hydroxyl groups is 1. The van der Waals surface area contributed by atoms with Gasteiger partial charge in [0, 0.05) is 19.4 Å². The molecule has 76 valence electrons. The average molecular weight is 188 g/mol. The van der Waals surface area contributed by atoms with E-state index < -0.39 is 6.10 Å². The second-order valence-electron chi connectivity index (χ2n) is 3.37. The molecular formula is C9H16O4. The van der Waals surface area contributed by atoms with Gasteiger partial charge in [-0.05, 0) is 13.3 Å². The molecule has 0 bridgehead atoms. The van der Waals surface area contributed by atoms with Gasteiger partial charge in [-0.25, -0.2) is 0 Å². The smallest absolute Gasteiger partial charge is 0.306 e. The summed E-state index contributed by atoms with van der Waals surface area (Å²) in [4.78, 5) is 11.1. The van der Waals surface area contributed by atoms with E-state index in [1.807, 2.05) is 0 Å². The third-order valence-corrected chi connectivity index (χ3v) is 1.92. The molecule has 1 rings (SSSR count). The van der Waals surface area contributed by atoms with Crippen molar-refractivity contribution in [1.29, 1.82) is 0 Å². The molecular weight excluding hydrogens is 172 g/mol. The summed E-state index contributed by atoms with van der Waals surface area (Å²) in [6, 6.07) is 0. The number of esters is 1. The second-order valence-corrected chi connectivity index (χ2v) is 3.37. The molecule has 0 aromatic heterocycles. The lowest BCUT2D eigenvalue weighted by Gasteiger charge is -2.19. The Hall–Kier alpha value is -0.610. The Labute approximate surface area is 77.8 Å². The van der Waals surface area contributed by atoms with Crippen LogP contribution in [-0.2, 0) is 14.3 Å². The van der Waals surface area contributed by atoms with Crippen LogP contribution in [0.15, 0.2) is 0 Å². The van der Waals surface area contributed by atoms with Gasteiger partial charge in [-0.15, -0.1) is 0 Å². The van der Waals surface area contributed by atoms with Gasteiger partial charge in [-0.2, -0.15) is 0 Å². The van der Waals surface area contributed by atoms with Crippen molar-refractivity contribution < 1.29 is 19.4 Å². The number of carbonyl (C=O) groups is 1. The van der Waals surface area contributed by atoms with Crippen molar-refractivity contribution in [3.05, 3.63) is 0 Å². The summed E-state index contributed by atoms with van der Waals surface area (Å²) >= 11 is 0. The zero-order chi connectivity index (χ0) is 9.68. The molecule has 13 heavy (non-hydrogen) atoms. The molecule has 2 atom stereocenters. The quantitative estimate of drug-likeness (QED) is 0.562. The highest BCUT2D eigenvalue weighted by Crippen LogP contribution is 2.07. The fourth-order valence-corrected chi connectivity index (χ4v) is 1.32. The summed E-state index contributed by atoms with van der Waals surface area (Å²) in [5.41, 5.74) is 0. The van der Waals surface area contributed by atoms with Gasteiger partial charge in [0.2, 0.25) is 0 Å². The van der Waals surface area contributed by atoms with E-state index in [2.05, 4.69) is 0 Å². The van der Waals surface area contributed by atoms with Gasteiger partial charge in [-0.3, -0.25) is 4.79 Å². The summed E-state index contributed by atoms with van der Waals surface area (Å²) in [6.45, 7) is 2.63. The predicted octanol–water partition coefficient (Wildman–Crippen LogP) is 0.479. The molecule has 0 amide bonds. The summed E-state index contributed by atoms with van der Waals surface area (Å²) < 4.78 is 10.2. The minimum atomic E-state index is -0.527. The maximum Gasteiger partial charge on any atom is 0.306 e. The van der Waals surface area contributed by atoms with Crippen LogP contribution in [0.3, 0.4) is 0 Å². The molecule has 4 nitrogen and oxygen atoms in total. The molecule has 1 N–H and O–H groups in total. The predicted molar refractivity (Wildman–Crippen MR) is 46.2 cm³/mol. The molecule has 4 heteroatoms. The van der Waals surface area contributed by atoms with Gasteiger partial charge in [-0.1, -0.05) is 0 Å². The number of hydrogen-bond donors (Lipinski definition) is 1. The maximum absolute atomic E-state index is 11.1. The van der Waals surface area contributed by atoms with Crippen molar-refractivity contribution in [1.82, 2.24) is 0 Å².